The number of benzene rings is 1. The molecule has 0 atom stereocenters. The molecule has 0 spiro atoms. The van der Waals surface area contributed by atoms with E-state index in [2.05, 4.69) is 15.5 Å². The maximum atomic E-state index is 12.1. The molecule has 0 radical (unpaired) electrons. The molecule has 9 heteroatoms. The van der Waals surface area contributed by atoms with E-state index in [4.69, 9.17) is 21.6 Å². The Balaban J connectivity index is 1.91. The van der Waals surface area contributed by atoms with Gasteiger partial charge in [-0.05, 0) is 24.6 Å². The number of anilines is 1. The van der Waals surface area contributed by atoms with Crippen molar-refractivity contribution < 1.29 is 9.53 Å². The maximum Gasteiger partial charge on any atom is 0.234 e. The highest BCUT2D eigenvalue weighted by atomic mass is 35.5. The van der Waals surface area contributed by atoms with E-state index in [-0.39, 0.29) is 11.7 Å². The molecule has 1 aromatic carbocycles. The van der Waals surface area contributed by atoms with Crippen LogP contribution in [0.1, 0.15) is 12.0 Å². The van der Waals surface area contributed by atoms with Crippen LogP contribution in [-0.2, 0) is 16.1 Å². The third-order valence-electron chi connectivity index (χ3n) is 3.04. The van der Waals surface area contributed by atoms with Gasteiger partial charge in [-0.1, -0.05) is 23.4 Å². The summed E-state index contributed by atoms with van der Waals surface area (Å²) in [6, 6.07) is 6.74. The summed E-state index contributed by atoms with van der Waals surface area (Å²) in [6.07, 6.45) is 2.46. The van der Waals surface area contributed by atoms with Crippen LogP contribution in [0.25, 0.3) is 0 Å². The van der Waals surface area contributed by atoms with Gasteiger partial charge in [0.05, 0.1) is 17.0 Å². The van der Waals surface area contributed by atoms with Crippen LogP contribution in [0.3, 0.4) is 0 Å². The standard InChI is InChI=1S/C15H16ClN5O2S/c1-23-6-2-5-21-10-18-20-15(21)24-9-14(22)19-13-7-12(16)4-3-11(13)8-17/h3-4,7,10H,2,5-6,9H2,1H3,(H,19,22). The SMILES string of the molecule is COCCCn1cnnc1SCC(=O)Nc1cc(Cl)ccc1C#N. The number of thioether (sulfide) groups is 1. The van der Waals surface area contributed by atoms with Crippen molar-refractivity contribution in [1.29, 1.82) is 5.26 Å². The number of aryl methyl sites for hydroxylation is 1. The molecule has 1 amide bonds. The number of nitrogens with zero attached hydrogens (tertiary/aromatic N) is 4. The van der Waals surface area contributed by atoms with Gasteiger partial charge >= 0.3 is 0 Å². The summed E-state index contributed by atoms with van der Waals surface area (Å²) in [5, 5.41) is 20.7. The van der Waals surface area contributed by atoms with Crippen molar-refractivity contribution >= 4 is 35.0 Å². The van der Waals surface area contributed by atoms with Gasteiger partial charge < -0.3 is 14.6 Å². The quantitative estimate of drug-likeness (QED) is 0.571. The fraction of sp³-hybridized carbons (Fsp3) is 0.333. The van der Waals surface area contributed by atoms with Gasteiger partial charge in [-0.2, -0.15) is 5.26 Å². The van der Waals surface area contributed by atoms with Gasteiger partial charge in [0.25, 0.3) is 0 Å². The lowest BCUT2D eigenvalue weighted by atomic mass is 10.2. The number of nitrogens with one attached hydrogen (secondary N) is 1. The van der Waals surface area contributed by atoms with Crippen LogP contribution in [-0.4, -0.2) is 40.1 Å². The van der Waals surface area contributed by atoms with Gasteiger partial charge in [0.15, 0.2) is 5.16 Å². The minimum atomic E-state index is -0.245. The summed E-state index contributed by atoms with van der Waals surface area (Å²) in [4.78, 5) is 12.1. The smallest absolute Gasteiger partial charge is 0.234 e. The second-order valence-corrected chi connectivity index (χ2v) is 6.17. The van der Waals surface area contributed by atoms with Crippen LogP contribution in [0.2, 0.25) is 5.02 Å². The first kappa shape index (κ1) is 18.3. The van der Waals surface area contributed by atoms with Crippen LogP contribution < -0.4 is 5.32 Å². The molecule has 0 aliphatic rings. The van der Waals surface area contributed by atoms with E-state index >= 15 is 0 Å². The number of ether oxygens (including phenoxy) is 1. The van der Waals surface area contributed by atoms with E-state index < -0.39 is 0 Å². The molecule has 7 nitrogen and oxygen atoms in total. The molecule has 1 N–H and O–H groups in total. The molecule has 2 rings (SSSR count). The Morgan fingerprint density at radius 1 is 1.54 bits per heavy atom. The van der Waals surface area contributed by atoms with Crippen molar-refractivity contribution in [1.82, 2.24) is 14.8 Å². The Hall–Kier alpha value is -2.08. The number of nitriles is 1. The number of methoxy groups -OCH3 is 1. The average molecular weight is 366 g/mol. The van der Waals surface area contributed by atoms with Crippen molar-refractivity contribution in [2.75, 3.05) is 24.8 Å². The molecule has 0 fully saturated rings. The minimum Gasteiger partial charge on any atom is -0.385 e. The fourth-order valence-electron chi connectivity index (χ4n) is 1.92. The Morgan fingerprint density at radius 3 is 3.12 bits per heavy atom. The fourth-order valence-corrected chi connectivity index (χ4v) is 2.84. The monoisotopic (exact) mass is 365 g/mol. The third-order valence-corrected chi connectivity index (χ3v) is 4.25. The summed E-state index contributed by atoms with van der Waals surface area (Å²) in [6.45, 7) is 1.37. The molecule has 0 unspecified atom stereocenters. The lowest BCUT2D eigenvalue weighted by Gasteiger charge is -2.08. The highest BCUT2D eigenvalue weighted by Gasteiger charge is 2.11. The van der Waals surface area contributed by atoms with E-state index in [0.29, 0.717) is 28.0 Å². The summed E-state index contributed by atoms with van der Waals surface area (Å²) >= 11 is 7.18. The average Bonchev–Trinajstić information content (AvgIpc) is 3.01. The van der Waals surface area contributed by atoms with Crippen LogP contribution in [0.4, 0.5) is 5.69 Å². The van der Waals surface area contributed by atoms with Gasteiger partial charge in [-0.25, -0.2) is 0 Å². The van der Waals surface area contributed by atoms with Crippen LogP contribution in [0.15, 0.2) is 29.7 Å². The number of rotatable bonds is 8. The topological polar surface area (TPSA) is 92.8 Å². The van der Waals surface area contributed by atoms with E-state index in [1.54, 1.807) is 31.6 Å². The van der Waals surface area contributed by atoms with Crippen molar-refractivity contribution in [3.63, 3.8) is 0 Å². The molecule has 2 aromatic rings. The first-order valence-corrected chi connectivity index (χ1v) is 8.49. The van der Waals surface area contributed by atoms with E-state index in [1.165, 1.54) is 11.8 Å². The Labute approximate surface area is 149 Å². The number of halogens is 1. The summed E-state index contributed by atoms with van der Waals surface area (Å²) in [7, 11) is 1.65. The molecule has 0 saturated carbocycles. The van der Waals surface area contributed by atoms with Crippen LogP contribution in [0, 0.1) is 11.3 Å². The number of carbonyl (C=O) groups excluding carboxylic acids is 1. The molecular formula is C15H16ClN5O2S. The van der Waals surface area contributed by atoms with E-state index in [9.17, 15) is 4.79 Å². The van der Waals surface area contributed by atoms with Gasteiger partial charge in [0.2, 0.25) is 5.91 Å². The predicted octanol–water partition coefficient (Wildman–Crippen LogP) is 2.57. The lowest BCUT2D eigenvalue weighted by molar-refractivity contribution is -0.113. The minimum absolute atomic E-state index is 0.153. The molecule has 0 saturated heterocycles. The molecular weight excluding hydrogens is 350 g/mol. The number of amides is 1. The summed E-state index contributed by atoms with van der Waals surface area (Å²) in [5.74, 6) is -0.0920. The predicted molar refractivity (Wildman–Crippen MR) is 92.0 cm³/mol. The zero-order valence-corrected chi connectivity index (χ0v) is 14.6. The number of hydrogen-bond acceptors (Lipinski definition) is 6. The second kappa shape index (κ2) is 9.27. The zero-order chi connectivity index (χ0) is 17.4. The highest BCUT2D eigenvalue weighted by Crippen LogP contribution is 2.21. The normalized spacial score (nSPS) is 10.4. The number of aromatic nitrogens is 3. The van der Waals surface area contributed by atoms with Crippen molar-refractivity contribution in [2.24, 2.45) is 0 Å². The van der Waals surface area contributed by atoms with E-state index in [0.717, 1.165) is 13.0 Å². The number of hydrogen-bond donors (Lipinski definition) is 1. The van der Waals surface area contributed by atoms with Gasteiger partial charge in [0, 0.05) is 25.3 Å². The molecule has 24 heavy (non-hydrogen) atoms. The zero-order valence-electron chi connectivity index (χ0n) is 13.0. The number of carbonyl (C=O) groups is 1. The van der Waals surface area contributed by atoms with Gasteiger partial charge in [0.1, 0.15) is 12.4 Å². The highest BCUT2D eigenvalue weighted by molar-refractivity contribution is 7.99. The van der Waals surface area contributed by atoms with Gasteiger partial charge in [-0.3, -0.25) is 4.79 Å². The van der Waals surface area contributed by atoms with E-state index in [1.807, 2.05) is 10.6 Å². The molecule has 0 bridgehead atoms. The Kier molecular flexibility index (Phi) is 7.06. The Bertz CT molecular complexity index is 744. The molecule has 0 aliphatic carbocycles. The molecule has 1 aromatic heterocycles. The maximum absolute atomic E-state index is 12.1. The largest absolute Gasteiger partial charge is 0.385 e. The Morgan fingerprint density at radius 2 is 2.38 bits per heavy atom. The van der Waals surface area contributed by atoms with Crippen molar-refractivity contribution in [3.8, 4) is 6.07 Å². The van der Waals surface area contributed by atoms with Crippen LogP contribution >= 0.6 is 23.4 Å². The lowest BCUT2D eigenvalue weighted by Crippen LogP contribution is -2.15. The molecule has 1 heterocycles. The second-order valence-electron chi connectivity index (χ2n) is 4.79. The first-order valence-electron chi connectivity index (χ1n) is 7.13. The third kappa shape index (κ3) is 5.23. The van der Waals surface area contributed by atoms with Gasteiger partial charge in [-0.15, -0.1) is 10.2 Å². The van der Waals surface area contributed by atoms with Crippen molar-refractivity contribution in [2.45, 2.75) is 18.1 Å². The van der Waals surface area contributed by atoms with Crippen molar-refractivity contribution in [3.05, 3.63) is 35.1 Å². The summed E-state index contributed by atoms with van der Waals surface area (Å²) in [5.41, 5.74) is 0.762. The summed E-state index contributed by atoms with van der Waals surface area (Å²) < 4.78 is 6.89. The first-order chi connectivity index (χ1) is 11.6. The molecule has 126 valence electrons. The molecule has 0 aliphatic heterocycles. The van der Waals surface area contributed by atoms with Crippen LogP contribution in [0.5, 0.6) is 0 Å².